The molecule has 0 aliphatic rings. The van der Waals surface area contributed by atoms with Crippen LogP contribution in [0.2, 0.25) is 0 Å². The highest BCUT2D eigenvalue weighted by atomic mass is 16.2. The lowest BCUT2D eigenvalue weighted by Crippen LogP contribution is -2.27. The fourth-order valence-corrected chi connectivity index (χ4v) is 2.58. The Labute approximate surface area is 153 Å². The van der Waals surface area contributed by atoms with Crippen LogP contribution in [-0.2, 0) is 0 Å². The molecule has 132 valence electrons. The molecule has 1 unspecified atom stereocenters. The molecule has 3 aromatic rings. The maximum absolute atomic E-state index is 12.3. The molecule has 1 heterocycles. The van der Waals surface area contributed by atoms with Gasteiger partial charge in [0.05, 0.1) is 6.04 Å². The SMILES string of the molecule is Cc1ccc(Nc2ccc(C(=O)NC(C)c3ccccc3)nn2)cc1C. The van der Waals surface area contributed by atoms with Crippen LogP contribution in [0.5, 0.6) is 0 Å². The van der Waals surface area contributed by atoms with Crippen molar-refractivity contribution >= 4 is 17.4 Å². The molecule has 1 amide bonds. The second kappa shape index (κ2) is 7.78. The zero-order chi connectivity index (χ0) is 18.5. The van der Waals surface area contributed by atoms with Gasteiger partial charge in [-0.2, -0.15) is 0 Å². The van der Waals surface area contributed by atoms with Crippen LogP contribution in [0.15, 0.2) is 60.7 Å². The van der Waals surface area contributed by atoms with Gasteiger partial charge in [-0.1, -0.05) is 36.4 Å². The number of hydrogen-bond donors (Lipinski definition) is 2. The van der Waals surface area contributed by atoms with Gasteiger partial charge in [-0.3, -0.25) is 4.79 Å². The van der Waals surface area contributed by atoms with Crippen LogP contribution >= 0.6 is 0 Å². The molecule has 0 bridgehead atoms. The molecule has 0 saturated carbocycles. The number of aryl methyl sites for hydroxylation is 2. The lowest BCUT2D eigenvalue weighted by molar-refractivity contribution is 0.0934. The van der Waals surface area contributed by atoms with Gasteiger partial charge in [0, 0.05) is 5.69 Å². The van der Waals surface area contributed by atoms with Crippen LogP contribution < -0.4 is 10.6 Å². The number of anilines is 2. The van der Waals surface area contributed by atoms with Crippen LogP contribution in [0.1, 0.15) is 40.1 Å². The number of rotatable bonds is 5. The van der Waals surface area contributed by atoms with Gasteiger partial charge in [0.25, 0.3) is 5.91 Å². The Morgan fingerprint density at radius 2 is 1.69 bits per heavy atom. The standard InChI is InChI=1S/C21H22N4O/c1-14-9-10-18(13-15(14)2)23-20-12-11-19(24-25-20)21(26)22-16(3)17-7-5-4-6-8-17/h4-13,16H,1-3H3,(H,22,26)(H,23,25). The lowest BCUT2D eigenvalue weighted by atomic mass is 10.1. The molecule has 2 N–H and O–H groups in total. The Morgan fingerprint density at radius 1 is 0.923 bits per heavy atom. The van der Waals surface area contributed by atoms with Crippen LogP contribution in [0.4, 0.5) is 11.5 Å². The highest BCUT2D eigenvalue weighted by molar-refractivity contribution is 5.92. The Morgan fingerprint density at radius 3 is 2.35 bits per heavy atom. The molecule has 3 rings (SSSR count). The van der Waals surface area contributed by atoms with Crippen LogP contribution in [-0.4, -0.2) is 16.1 Å². The van der Waals surface area contributed by atoms with E-state index in [2.05, 4.69) is 46.8 Å². The van der Waals surface area contributed by atoms with Crippen molar-refractivity contribution in [3.05, 3.63) is 83.0 Å². The zero-order valence-corrected chi connectivity index (χ0v) is 15.2. The molecule has 5 nitrogen and oxygen atoms in total. The molecular formula is C21H22N4O. The first-order chi connectivity index (χ1) is 12.5. The molecule has 0 spiro atoms. The average molecular weight is 346 g/mol. The van der Waals surface area contributed by atoms with Crippen molar-refractivity contribution in [1.82, 2.24) is 15.5 Å². The number of aromatic nitrogens is 2. The first kappa shape index (κ1) is 17.6. The summed E-state index contributed by atoms with van der Waals surface area (Å²) in [4.78, 5) is 12.3. The molecule has 0 aliphatic heterocycles. The normalized spacial score (nSPS) is 11.7. The lowest BCUT2D eigenvalue weighted by Gasteiger charge is -2.14. The number of carbonyl (C=O) groups excluding carboxylic acids is 1. The predicted octanol–water partition coefficient (Wildman–Crippen LogP) is 4.33. The van der Waals surface area contributed by atoms with E-state index in [1.807, 2.05) is 43.3 Å². The monoisotopic (exact) mass is 346 g/mol. The molecular weight excluding hydrogens is 324 g/mol. The third-order valence-electron chi connectivity index (χ3n) is 4.32. The molecule has 0 fully saturated rings. The number of benzene rings is 2. The van der Waals surface area contributed by atoms with Gasteiger partial charge in [-0.25, -0.2) is 0 Å². The van der Waals surface area contributed by atoms with Gasteiger partial charge in [0.15, 0.2) is 11.5 Å². The Kier molecular flexibility index (Phi) is 5.27. The smallest absolute Gasteiger partial charge is 0.272 e. The van der Waals surface area contributed by atoms with Crippen molar-refractivity contribution in [3.8, 4) is 0 Å². The minimum absolute atomic E-state index is 0.0983. The van der Waals surface area contributed by atoms with E-state index in [4.69, 9.17) is 0 Å². The maximum atomic E-state index is 12.3. The molecule has 1 aromatic heterocycles. The summed E-state index contributed by atoms with van der Waals surface area (Å²) < 4.78 is 0. The number of hydrogen-bond acceptors (Lipinski definition) is 4. The highest BCUT2D eigenvalue weighted by Gasteiger charge is 2.13. The largest absolute Gasteiger partial charge is 0.344 e. The summed E-state index contributed by atoms with van der Waals surface area (Å²) in [7, 11) is 0. The van der Waals surface area contributed by atoms with E-state index >= 15 is 0 Å². The van der Waals surface area contributed by atoms with Gasteiger partial charge >= 0.3 is 0 Å². The van der Waals surface area contributed by atoms with Crippen molar-refractivity contribution in [2.75, 3.05) is 5.32 Å². The molecule has 0 aliphatic carbocycles. The molecule has 26 heavy (non-hydrogen) atoms. The Balaban J connectivity index is 1.65. The number of nitrogens with zero attached hydrogens (tertiary/aromatic N) is 2. The van der Waals surface area contributed by atoms with Gasteiger partial charge in [0.1, 0.15) is 0 Å². The predicted molar refractivity (Wildman–Crippen MR) is 104 cm³/mol. The summed E-state index contributed by atoms with van der Waals surface area (Å²) in [6.07, 6.45) is 0. The molecule has 2 aromatic carbocycles. The molecule has 5 heteroatoms. The average Bonchev–Trinajstić information content (AvgIpc) is 2.66. The van der Waals surface area contributed by atoms with E-state index < -0.39 is 0 Å². The number of carbonyl (C=O) groups is 1. The third-order valence-corrected chi connectivity index (χ3v) is 4.32. The van der Waals surface area contributed by atoms with Crippen molar-refractivity contribution in [2.45, 2.75) is 26.8 Å². The van der Waals surface area contributed by atoms with E-state index in [0.29, 0.717) is 11.5 Å². The van der Waals surface area contributed by atoms with Crippen molar-refractivity contribution in [1.29, 1.82) is 0 Å². The summed E-state index contributed by atoms with van der Waals surface area (Å²) in [5.74, 6) is 0.354. The zero-order valence-electron chi connectivity index (χ0n) is 15.2. The third kappa shape index (κ3) is 4.25. The number of nitrogens with one attached hydrogen (secondary N) is 2. The second-order valence-corrected chi connectivity index (χ2v) is 6.33. The summed E-state index contributed by atoms with van der Waals surface area (Å²) in [5.41, 5.74) is 4.72. The van der Waals surface area contributed by atoms with E-state index in [0.717, 1.165) is 11.3 Å². The topological polar surface area (TPSA) is 66.9 Å². The summed E-state index contributed by atoms with van der Waals surface area (Å²) in [6.45, 7) is 6.08. The van der Waals surface area contributed by atoms with E-state index in [1.54, 1.807) is 12.1 Å². The van der Waals surface area contributed by atoms with Gasteiger partial charge in [-0.15, -0.1) is 10.2 Å². The highest BCUT2D eigenvalue weighted by Crippen LogP contribution is 2.18. The van der Waals surface area contributed by atoms with Crippen LogP contribution in [0.25, 0.3) is 0 Å². The van der Waals surface area contributed by atoms with Crippen LogP contribution in [0, 0.1) is 13.8 Å². The molecule has 0 radical (unpaired) electrons. The Bertz CT molecular complexity index is 892. The number of amides is 1. The quantitative estimate of drug-likeness (QED) is 0.722. The van der Waals surface area contributed by atoms with E-state index in [-0.39, 0.29) is 11.9 Å². The summed E-state index contributed by atoms with van der Waals surface area (Å²) in [5, 5.41) is 14.3. The van der Waals surface area contributed by atoms with E-state index in [1.165, 1.54) is 11.1 Å². The first-order valence-electron chi connectivity index (χ1n) is 8.57. The minimum Gasteiger partial charge on any atom is -0.344 e. The van der Waals surface area contributed by atoms with Gasteiger partial charge in [0.2, 0.25) is 0 Å². The molecule has 0 saturated heterocycles. The summed E-state index contributed by atoms with van der Waals surface area (Å²) in [6, 6.07) is 19.2. The first-order valence-corrected chi connectivity index (χ1v) is 8.57. The van der Waals surface area contributed by atoms with Gasteiger partial charge < -0.3 is 10.6 Å². The van der Waals surface area contributed by atoms with Gasteiger partial charge in [-0.05, 0) is 61.7 Å². The molecule has 1 atom stereocenters. The van der Waals surface area contributed by atoms with Crippen molar-refractivity contribution in [2.24, 2.45) is 0 Å². The minimum atomic E-state index is -0.244. The Hall–Kier alpha value is -3.21. The van der Waals surface area contributed by atoms with Crippen molar-refractivity contribution in [3.63, 3.8) is 0 Å². The summed E-state index contributed by atoms with van der Waals surface area (Å²) >= 11 is 0. The van der Waals surface area contributed by atoms with Crippen LogP contribution in [0.3, 0.4) is 0 Å². The van der Waals surface area contributed by atoms with E-state index in [9.17, 15) is 4.79 Å². The van der Waals surface area contributed by atoms with Crippen molar-refractivity contribution < 1.29 is 4.79 Å². The maximum Gasteiger partial charge on any atom is 0.272 e. The second-order valence-electron chi connectivity index (χ2n) is 6.33. The fourth-order valence-electron chi connectivity index (χ4n) is 2.58. The fraction of sp³-hybridized carbons (Fsp3) is 0.190.